The van der Waals surface area contributed by atoms with E-state index in [1.54, 1.807) is 36.4 Å². The van der Waals surface area contributed by atoms with Gasteiger partial charge < -0.3 is 15.4 Å². The number of ketones is 1. The first kappa shape index (κ1) is 27.4. The van der Waals surface area contributed by atoms with Crippen LogP contribution in [-0.4, -0.2) is 24.2 Å². The molecular formula is C29H20ClF3N2O4. The lowest BCUT2D eigenvalue weighted by atomic mass is 10.0. The van der Waals surface area contributed by atoms with Gasteiger partial charge in [0.15, 0.2) is 12.4 Å². The molecule has 10 heteroatoms. The van der Waals surface area contributed by atoms with Crippen LogP contribution in [0.25, 0.3) is 0 Å². The topological polar surface area (TPSA) is 84.5 Å². The van der Waals surface area contributed by atoms with E-state index in [4.69, 9.17) is 16.3 Å². The second-order valence-electron chi connectivity index (χ2n) is 8.28. The summed E-state index contributed by atoms with van der Waals surface area (Å²) in [5.41, 5.74) is 0.219. The SMILES string of the molecule is O=C(COc1ccc(C(=O)Nc2cccc(C(F)(F)F)c2)cc1)Nc1ccc(Cl)cc1C(=O)c1ccccc1. The van der Waals surface area contributed by atoms with Gasteiger partial charge in [-0.15, -0.1) is 0 Å². The minimum absolute atomic E-state index is 0.000799. The summed E-state index contributed by atoms with van der Waals surface area (Å²) in [6, 6.07) is 23.1. The standard InChI is InChI=1S/C29H20ClF3N2O4/c30-21-11-14-25(24(16-21)27(37)18-5-2-1-3-6-18)35-26(36)17-39-23-12-9-19(10-13-23)28(38)34-22-8-4-7-20(15-22)29(31,32)33/h1-16H,17H2,(H,34,38)(H,35,36). The number of nitrogens with one attached hydrogen (secondary N) is 2. The zero-order valence-electron chi connectivity index (χ0n) is 20.1. The third kappa shape index (κ3) is 7.24. The van der Waals surface area contributed by atoms with Crippen molar-refractivity contribution < 1.29 is 32.3 Å². The van der Waals surface area contributed by atoms with Crippen LogP contribution in [0.1, 0.15) is 31.8 Å². The van der Waals surface area contributed by atoms with E-state index in [2.05, 4.69) is 10.6 Å². The molecule has 0 saturated carbocycles. The van der Waals surface area contributed by atoms with E-state index in [1.165, 1.54) is 48.5 Å². The van der Waals surface area contributed by atoms with Crippen molar-refractivity contribution in [3.8, 4) is 5.75 Å². The molecule has 0 radical (unpaired) electrons. The number of benzene rings is 4. The molecule has 0 unspecified atom stereocenters. The maximum absolute atomic E-state index is 12.9. The van der Waals surface area contributed by atoms with Crippen LogP contribution in [0.5, 0.6) is 5.75 Å². The Kier molecular flexibility index (Phi) is 8.31. The molecule has 0 aliphatic heterocycles. The van der Waals surface area contributed by atoms with E-state index >= 15 is 0 Å². The van der Waals surface area contributed by atoms with Crippen molar-refractivity contribution in [3.05, 3.63) is 124 Å². The Morgan fingerprint density at radius 1 is 0.769 bits per heavy atom. The van der Waals surface area contributed by atoms with Crippen molar-refractivity contribution in [1.29, 1.82) is 0 Å². The number of anilines is 2. The predicted octanol–water partition coefficient (Wildman–Crippen LogP) is 6.86. The molecule has 0 aromatic heterocycles. The van der Waals surface area contributed by atoms with Gasteiger partial charge in [-0.2, -0.15) is 13.2 Å². The summed E-state index contributed by atoms with van der Waals surface area (Å²) in [5.74, 6) is -1.19. The summed E-state index contributed by atoms with van der Waals surface area (Å²) in [6.45, 7) is -0.391. The lowest BCUT2D eigenvalue weighted by molar-refractivity contribution is -0.137. The number of halogens is 4. The summed E-state index contributed by atoms with van der Waals surface area (Å²) < 4.78 is 44.1. The highest BCUT2D eigenvalue weighted by Gasteiger charge is 2.30. The van der Waals surface area contributed by atoms with Crippen LogP contribution in [0.15, 0.2) is 97.1 Å². The van der Waals surface area contributed by atoms with Crippen molar-refractivity contribution in [3.63, 3.8) is 0 Å². The molecule has 0 saturated heterocycles. The Labute approximate surface area is 226 Å². The second kappa shape index (κ2) is 11.8. The van der Waals surface area contributed by atoms with E-state index in [9.17, 15) is 27.6 Å². The number of hydrogen-bond donors (Lipinski definition) is 2. The molecule has 6 nitrogen and oxygen atoms in total. The average Bonchev–Trinajstić information content (AvgIpc) is 2.93. The van der Waals surface area contributed by atoms with Crippen molar-refractivity contribution >= 4 is 40.6 Å². The number of amides is 2. The second-order valence-corrected chi connectivity index (χ2v) is 8.72. The van der Waals surface area contributed by atoms with Crippen LogP contribution in [-0.2, 0) is 11.0 Å². The monoisotopic (exact) mass is 552 g/mol. The van der Waals surface area contributed by atoms with Gasteiger partial charge in [0.25, 0.3) is 11.8 Å². The van der Waals surface area contributed by atoms with E-state index in [0.29, 0.717) is 10.6 Å². The normalized spacial score (nSPS) is 11.0. The number of alkyl halides is 3. The summed E-state index contributed by atoms with van der Waals surface area (Å²) in [6.07, 6.45) is -4.53. The van der Waals surface area contributed by atoms with Crippen LogP contribution >= 0.6 is 11.6 Å². The molecule has 4 aromatic carbocycles. The quantitative estimate of drug-likeness (QED) is 0.234. The molecule has 4 rings (SSSR count). The van der Waals surface area contributed by atoms with E-state index < -0.39 is 30.2 Å². The molecule has 0 atom stereocenters. The third-order valence-corrected chi connectivity index (χ3v) is 5.71. The van der Waals surface area contributed by atoms with Crippen LogP contribution in [0.2, 0.25) is 5.02 Å². The molecule has 0 spiro atoms. The zero-order chi connectivity index (χ0) is 28.0. The number of carbonyl (C=O) groups excluding carboxylic acids is 3. The maximum atomic E-state index is 12.9. The van der Waals surface area contributed by atoms with Crippen LogP contribution in [0, 0.1) is 0 Å². The maximum Gasteiger partial charge on any atom is 0.416 e. The zero-order valence-corrected chi connectivity index (χ0v) is 20.8. The molecule has 198 valence electrons. The lowest BCUT2D eigenvalue weighted by Gasteiger charge is -2.12. The van der Waals surface area contributed by atoms with Gasteiger partial charge in [-0.3, -0.25) is 14.4 Å². The third-order valence-electron chi connectivity index (χ3n) is 5.47. The Morgan fingerprint density at radius 3 is 2.18 bits per heavy atom. The molecule has 2 amide bonds. The molecule has 4 aromatic rings. The minimum atomic E-state index is -4.53. The molecule has 0 aliphatic carbocycles. The Bertz CT molecular complexity index is 1510. The van der Waals surface area contributed by atoms with Crippen molar-refractivity contribution in [2.45, 2.75) is 6.18 Å². The van der Waals surface area contributed by atoms with Crippen LogP contribution < -0.4 is 15.4 Å². The molecule has 0 heterocycles. The summed E-state index contributed by atoms with van der Waals surface area (Å²) >= 11 is 6.07. The van der Waals surface area contributed by atoms with E-state index in [1.807, 2.05) is 0 Å². The minimum Gasteiger partial charge on any atom is -0.484 e. The molecule has 39 heavy (non-hydrogen) atoms. The molecule has 0 aliphatic rings. The smallest absolute Gasteiger partial charge is 0.416 e. The first-order chi connectivity index (χ1) is 18.6. The van der Waals surface area contributed by atoms with Gasteiger partial charge in [-0.05, 0) is 60.7 Å². The molecular weight excluding hydrogens is 533 g/mol. The van der Waals surface area contributed by atoms with Gasteiger partial charge in [-0.25, -0.2) is 0 Å². The van der Waals surface area contributed by atoms with Gasteiger partial charge in [0.1, 0.15) is 5.75 Å². The Balaban J connectivity index is 1.36. The fourth-order valence-corrected chi connectivity index (χ4v) is 3.74. The summed E-state index contributed by atoms with van der Waals surface area (Å²) in [5, 5.41) is 5.39. The number of hydrogen-bond acceptors (Lipinski definition) is 4. The van der Waals surface area contributed by atoms with Gasteiger partial charge in [0, 0.05) is 27.4 Å². The first-order valence-electron chi connectivity index (χ1n) is 11.5. The van der Waals surface area contributed by atoms with E-state index in [0.717, 1.165) is 12.1 Å². The number of rotatable bonds is 8. The molecule has 2 N–H and O–H groups in total. The first-order valence-corrected chi connectivity index (χ1v) is 11.9. The van der Waals surface area contributed by atoms with Crippen molar-refractivity contribution in [1.82, 2.24) is 0 Å². The summed E-state index contributed by atoms with van der Waals surface area (Å²) in [7, 11) is 0. The highest BCUT2D eigenvalue weighted by molar-refractivity contribution is 6.31. The van der Waals surface area contributed by atoms with Gasteiger partial charge in [-0.1, -0.05) is 48.0 Å². The lowest BCUT2D eigenvalue weighted by Crippen LogP contribution is -2.21. The predicted molar refractivity (Wildman–Crippen MR) is 141 cm³/mol. The Hall–Kier alpha value is -4.63. The molecule has 0 fully saturated rings. The van der Waals surface area contributed by atoms with Crippen LogP contribution in [0.4, 0.5) is 24.5 Å². The van der Waals surface area contributed by atoms with Gasteiger partial charge >= 0.3 is 6.18 Å². The van der Waals surface area contributed by atoms with Crippen LogP contribution in [0.3, 0.4) is 0 Å². The largest absolute Gasteiger partial charge is 0.484 e. The van der Waals surface area contributed by atoms with Crippen molar-refractivity contribution in [2.24, 2.45) is 0 Å². The van der Waals surface area contributed by atoms with Gasteiger partial charge in [0.05, 0.1) is 11.3 Å². The summed E-state index contributed by atoms with van der Waals surface area (Å²) in [4.78, 5) is 37.9. The number of ether oxygens (including phenoxy) is 1. The van der Waals surface area contributed by atoms with Crippen molar-refractivity contribution in [2.75, 3.05) is 17.2 Å². The molecule has 0 bridgehead atoms. The Morgan fingerprint density at radius 2 is 1.49 bits per heavy atom. The number of carbonyl (C=O) groups is 3. The highest BCUT2D eigenvalue weighted by atomic mass is 35.5. The van der Waals surface area contributed by atoms with E-state index in [-0.39, 0.29) is 34.0 Å². The highest BCUT2D eigenvalue weighted by Crippen LogP contribution is 2.31. The van der Waals surface area contributed by atoms with Gasteiger partial charge in [0.2, 0.25) is 0 Å². The fraction of sp³-hybridized carbons (Fsp3) is 0.0690. The average molecular weight is 553 g/mol. The fourth-order valence-electron chi connectivity index (χ4n) is 3.57.